The molecule has 1 aliphatic rings. The number of nitrogens with one attached hydrogen (secondary N) is 1. The fraction of sp³-hybridized carbons (Fsp3) is 0.500. The average molecular weight is 299 g/mol. The summed E-state index contributed by atoms with van der Waals surface area (Å²) in [7, 11) is 0. The number of nitrogens with zero attached hydrogens (tertiary/aromatic N) is 1. The minimum atomic E-state index is -2.87. The number of ether oxygens (including phenoxy) is 1. The minimum absolute atomic E-state index is 0.0564. The molecule has 0 saturated carbocycles. The Morgan fingerprint density at radius 2 is 1.90 bits per heavy atom. The molecular weight excluding hydrogens is 280 g/mol. The third-order valence-corrected chi connectivity index (χ3v) is 3.87. The van der Waals surface area contributed by atoms with Gasteiger partial charge in [-0.05, 0) is 24.6 Å². The predicted octanol–water partition coefficient (Wildman–Crippen LogP) is 0.894. The van der Waals surface area contributed by atoms with Gasteiger partial charge < -0.3 is 15.8 Å². The van der Waals surface area contributed by atoms with E-state index in [9.17, 15) is 13.6 Å². The van der Waals surface area contributed by atoms with Crippen LogP contribution in [-0.2, 0) is 10.3 Å². The van der Waals surface area contributed by atoms with Crippen LogP contribution in [0.25, 0.3) is 0 Å². The van der Waals surface area contributed by atoms with Crippen molar-refractivity contribution in [1.29, 1.82) is 0 Å². The number of carbonyl (C=O) groups excluding carboxylic acids is 1. The van der Waals surface area contributed by atoms with Crippen molar-refractivity contribution in [1.82, 2.24) is 10.2 Å². The van der Waals surface area contributed by atoms with Crippen LogP contribution < -0.4 is 15.8 Å². The minimum Gasteiger partial charge on any atom is -0.435 e. The van der Waals surface area contributed by atoms with Crippen molar-refractivity contribution in [3.8, 4) is 5.75 Å². The molecule has 1 unspecified atom stereocenters. The molecule has 1 saturated heterocycles. The molecule has 1 amide bonds. The van der Waals surface area contributed by atoms with Crippen LogP contribution in [0.2, 0.25) is 0 Å². The van der Waals surface area contributed by atoms with Gasteiger partial charge in [-0.15, -0.1) is 0 Å². The Balaban J connectivity index is 2.27. The van der Waals surface area contributed by atoms with Crippen LogP contribution in [0.1, 0.15) is 12.5 Å². The summed E-state index contributed by atoms with van der Waals surface area (Å²) in [6.07, 6.45) is 0. The summed E-state index contributed by atoms with van der Waals surface area (Å²) in [5.41, 5.74) is 5.30. The highest BCUT2D eigenvalue weighted by Gasteiger charge is 2.40. The molecule has 0 spiro atoms. The first-order chi connectivity index (χ1) is 9.94. The van der Waals surface area contributed by atoms with E-state index < -0.39 is 18.1 Å². The number of amides is 1. The second-order valence-corrected chi connectivity index (χ2v) is 5.08. The van der Waals surface area contributed by atoms with E-state index in [4.69, 9.17) is 5.73 Å². The molecule has 0 aromatic heterocycles. The molecule has 0 radical (unpaired) electrons. The van der Waals surface area contributed by atoms with Crippen LogP contribution in [0.3, 0.4) is 0 Å². The first kappa shape index (κ1) is 15.7. The Morgan fingerprint density at radius 3 is 2.38 bits per heavy atom. The number of benzene rings is 1. The number of rotatable bonds is 5. The van der Waals surface area contributed by atoms with E-state index >= 15 is 0 Å². The van der Waals surface area contributed by atoms with Gasteiger partial charge >= 0.3 is 6.61 Å². The van der Waals surface area contributed by atoms with Crippen molar-refractivity contribution in [3.05, 3.63) is 29.8 Å². The molecule has 1 aliphatic heterocycles. The predicted molar refractivity (Wildman–Crippen MR) is 74.1 cm³/mol. The van der Waals surface area contributed by atoms with Crippen molar-refractivity contribution in [3.63, 3.8) is 0 Å². The average Bonchev–Trinajstić information content (AvgIpc) is 2.47. The molecule has 1 aromatic rings. The normalized spacial score (nSPS) is 19.2. The molecule has 0 aliphatic carbocycles. The highest BCUT2D eigenvalue weighted by atomic mass is 19.3. The van der Waals surface area contributed by atoms with Crippen LogP contribution in [0.15, 0.2) is 24.3 Å². The molecule has 7 heteroatoms. The topological polar surface area (TPSA) is 67.6 Å². The van der Waals surface area contributed by atoms with Gasteiger partial charge in [0.05, 0.1) is 0 Å². The zero-order valence-electron chi connectivity index (χ0n) is 11.8. The van der Waals surface area contributed by atoms with Crippen LogP contribution in [0, 0.1) is 0 Å². The van der Waals surface area contributed by atoms with E-state index in [0.29, 0.717) is 18.7 Å². The van der Waals surface area contributed by atoms with Gasteiger partial charge in [-0.25, -0.2) is 0 Å². The van der Waals surface area contributed by atoms with Gasteiger partial charge in [0.25, 0.3) is 0 Å². The molecule has 116 valence electrons. The Bertz CT molecular complexity index is 489. The maximum Gasteiger partial charge on any atom is 0.387 e. The van der Waals surface area contributed by atoms with Crippen LogP contribution in [0.4, 0.5) is 8.78 Å². The van der Waals surface area contributed by atoms with Gasteiger partial charge in [-0.2, -0.15) is 8.78 Å². The Hall–Kier alpha value is -1.73. The Morgan fingerprint density at radius 1 is 1.33 bits per heavy atom. The van der Waals surface area contributed by atoms with Crippen molar-refractivity contribution in [2.75, 3.05) is 26.2 Å². The maximum absolute atomic E-state index is 12.2. The molecule has 1 atom stereocenters. The van der Waals surface area contributed by atoms with Gasteiger partial charge in [0.15, 0.2) is 0 Å². The first-order valence-electron chi connectivity index (χ1n) is 6.75. The second kappa shape index (κ2) is 6.36. The number of carbonyl (C=O) groups is 1. The molecule has 0 bridgehead atoms. The number of primary amides is 1. The second-order valence-electron chi connectivity index (χ2n) is 5.08. The monoisotopic (exact) mass is 299 g/mol. The van der Waals surface area contributed by atoms with Gasteiger partial charge in [-0.3, -0.25) is 9.69 Å². The molecule has 2 rings (SSSR count). The van der Waals surface area contributed by atoms with Gasteiger partial charge in [-0.1, -0.05) is 12.1 Å². The smallest absolute Gasteiger partial charge is 0.387 e. The molecule has 5 nitrogen and oxygen atoms in total. The first-order valence-corrected chi connectivity index (χ1v) is 6.75. The third-order valence-electron chi connectivity index (χ3n) is 3.87. The van der Waals surface area contributed by atoms with E-state index in [1.54, 1.807) is 19.1 Å². The lowest BCUT2D eigenvalue weighted by molar-refractivity contribution is -0.130. The fourth-order valence-corrected chi connectivity index (χ4v) is 2.55. The number of piperazine rings is 1. The lowest BCUT2D eigenvalue weighted by Gasteiger charge is -2.41. The van der Waals surface area contributed by atoms with Crippen molar-refractivity contribution < 1.29 is 18.3 Å². The molecule has 21 heavy (non-hydrogen) atoms. The summed E-state index contributed by atoms with van der Waals surface area (Å²) >= 11 is 0. The number of hydrogen-bond acceptors (Lipinski definition) is 4. The van der Waals surface area contributed by atoms with Crippen LogP contribution in [-0.4, -0.2) is 43.6 Å². The summed E-state index contributed by atoms with van der Waals surface area (Å²) in [5, 5.41) is 3.21. The number of nitrogens with two attached hydrogens (primary N) is 1. The number of halogens is 2. The van der Waals surface area contributed by atoms with Gasteiger partial charge in [0.2, 0.25) is 5.91 Å². The van der Waals surface area contributed by atoms with Gasteiger partial charge in [0, 0.05) is 26.2 Å². The Kier molecular flexibility index (Phi) is 4.74. The SMILES string of the molecule is CC(C(N)=O)(c1ccc(OC(F)F)cc1)N1CCNCC1. The lowest BCUT2D eigenvalue weighted by atomic mass is 9.88. The summed E-state index contributed by atoms with van der Waals surface area (Å²) in [6.45, 7) is 1.81. The standard InChI is InChI=1S/C14H19F2N3O2/c1-14(12(17)20,19-8-6-18-7-9-19)10-2-4-11(5-3-10)21-13(15)16/h2-5,13,18H,6-9H2,1H3,(H2,17,20). The molecule has 1 aromatic carbocycles. The zero-order chi connectivity index (χ0) is 15.5. The largest absolute Gasteiger partial charge is 0.435 e. The highest BCUT2D eigenvalue weighted by molar-refractivity contribution is 5.85. The van der Waals surface area contributed by atoms with Crippen LogP contribution in [0.5, 0.6) is 5.75 Å². The molecule has 3 N–H and O–H groups in total. The summed E-state index contributed by atoms with van der Waals surface area (Å²) in [6, 6.07) is 6.05. The Labute approximate surface area is 122 Å². The third kappa shape index (κ3) is 3.30. The quantitative estimate of drug-likeness (QED) is 0.847. The zero-order valence-corrected chi connectivity index (χ0v) is 11.8. The van der Waals surface area contributed by atoms with Gasteiger partial charge in [0.1, 0.15) is 11.3 Å². The van der Waals surface area contributed by atoms with Crippen molar-refractivity contribution in [2.24, 2.45) is 5.73 Å². The fourth-order valence-electron chi connectivity index (χ4n) is 2.55. The molecule has 1 heterocycles. The summed E-state index contributed by atoms with van der Waals surface area (Å²) < 4.78 is 28.6. The molecule has 1 fully saturated rings. The van der Waals surface area contributed by atoms with Crippen molar-refractivity contribution in [2.45, 2.75) is 19.1 Å². The molecular formula is C14H19F2N3O2. The van der Waals surface area contributed by atoms with Crippen molar-refractivity contribution >= 4 is 5.91 Å². The lowest BCUT2D eigenvalue weighted by Crippen LogP contribution is -2.58. The number of hydrogen-bond donors (Lipinski definition) is 2. The van der Waals surface area contributed by atoms with E-state index in [1.165, 1.54) is 12.1 Å². The number of alkyl halides is 2. The highest BCUT2D eigenvalue weighted by Crippen LogP contribution is 2.30. The maximum atomic E-state index is 12.2. The van der Waals surface area contributed by atoms with E-state index in [0.717, 1.165) is 13.1 Å². The van der Waals surface area contributed by atoms with E-state index in [2.05, 4.69) is 10.1 Å². The van der Waals surface area contributed by atoms with E-state index in [1.807, 2.05) is 4.90 Å². The van der Waals surface area contributed by atoms with E-state index in [-0.39, 0.29) is 5.75 Å². The van der Waals surface area contributed by atoms with Crippen LogP contribution >= 0.6 is 0 Å². The summed E-state index contributed by atoms with van der Waals surface area (Å²) in [4.78, 5) is 14.0. The summed E-state index contributed by atoms with van der Waals surface area (Å²) in [5.74, 6) is -0.409.